The molecule has 0 fully saturated rings. The van der Waals surface area contributed by atoms with Gasteiger partial charge in [0.25, 0.3) is 0 Å². The van der Waals surface area contributed by atoms with Gasteiger partial charge in [0.1, 0.15) is 5.84 Å². The summed E-state index contributed by atoms with van der Waals surface area (Å²) < 4.78 is 4.76. The molecule has 0 radical (unpaired) electrons. The lowest BCUT2D eigenvalue weighted by Crippen LogP contribution is -2.29. The van der Waals surface area contributed by atoms with Crippen molar-refractivity contribution in [2.75, 3.05) is 0 Å². The van der Waals surface area contributed by atoms with Gasteiger partial charge in [0, 0.05) is 6.42 Å². The predicted octanol–water partition coefficient (Wildman–Crippen LogP) is 1.08. The van der Waals surface area contributed by atoms with Crippen LogP contribution in [-0.2, 0) is 9.53 Å². The van der Waals surface area contributed by atoms with Crippen molar-refractivity contribution in [3.05, 3.63) is 0 Å². The summed E-state index contributed by atoms with van der Waals surface area (Å²) in [4.78, 5) is 10.8. The number of carbonyl (C=O) groups excluding carboxylic acids is 1. The standard InChI is InChI=1S/C7H14N2O2.ClH/c1-3-4-6(10)11-5(2)7(8)9;/h5H,3-4H2,1-2H3,(H3,8,9);1H. The molecule has 0 aliphatic carbocycles. The van der Waals surface area contributed by atoms with E-state index in [0.717, 1.165) is 6.42 Å². The van der Waals surface area contributed by atoms with E-state index in [1.807, 2.05) is 6.92 Å². The summed E-state index contributed by atoms with van der Waals surface area (Å²) in [6.07, 6.45) is 0.551. The number of esters is 1. The zero-order valence-electron chi connectivity index (χ0n) is 7.29. The third kappa shape index (κ3) is 5.97. The Morgan fingerprint density at radius 1 is 1.67 bits per heavy atom. The average molecular weight is 195 g/mol. The summed E-state index contributed by atoms with van der Waals surface area (Å²) in [5.41, 5.74) is 5.09. The van der Waals surface area contributed by atoms with Crippen LogP contribution < -0.4 is 5.73 Å². The Morgan fingerprint density at radius 2 is 2.17 bits per heavy atom. The maximum Gasteiger partial charge on any atom is 0.306 e. The molecule has 72 valence electrons. The smallest absolute Gasteiger partial charge is 0.306 e. The molecular weight excluding hydrogens is 180 g/mol. The number of hydrogen-bond acceptors (Lipinski definition) is 3. The van der Waals surface area contributed by atoms with Crippen LogP contribution in [0, 0.1) is 5.41 Å². The molecule has 0 heterocycles. The second-order valence-corrected chi connectivity index (χ2v) is 2.34. The number of halogens is 1. The maximum atomic E-state index is 10.8. The lowest BCUT2D eigenvalue weighted by molar-refractivity contribution is -0.145. The SMILES string of the molecule is CCCC(=O)OC(C)C(=N)N.Cl. The zero-order valence-corrected chi connectivity index (χ0v) is 8.11. The van der Waals surface area contributed by atoms with Gasteiger partial charge < -0.3 is 10.5 Å². The van der Waals surface area contributed by atoms with Crippen molar-refractivity contribution < 1.29 is 9.53 Å². The molecule has 0 saturated carbocycles. The van der Waals surface area contributed by atoms with Crippen molar-refractivity contribution in [1.29, 1.82) is 5.41 Å². The zero-order chi connectivity index (χ0) is 8.85. The monoisotopic (exact) mass is 194 g/mol. The molecule has 5 heteroatoms. The molecule has 3 N–H and O–H groups in total. The van der Waals surface area contributed by atoms with Crippen molar-refractivity contribution in [2.45, 2.75) is 32.8 Å². The van der Waals surface area contributed by atoms with Gasteiger partial charge in [-0.15, -0.1) is 12.4 Å². The van der Waals surface area contributed by atoms with Crippen LogP contribution >= 0.6 is 12.4 Å². The Kier molecular flexibility index (Phi) is 7.94. The van der Waals surface area contributed by atoms with Gasteiger partial charge in [0.2, 0.25) is 0 Å². The third-order valence-corrected chi connectivity index (χ3v) is 1.20. The molecule has 1 atom stereocenters. The molecular formula is C7H15ClN2O2. The second-order valence-electron chi connectivity index (χ2n) is 2.34. The molecule has 0 aliphatic heterocycles. The third-order valence-electron chi connectivity index (χ3n) is 1.20. The maximum absolute atomic E-state index is 10.8. The molecule has 0 aromatic heterocycles. The molecule has 0 aromatic carbocycles. The molecule has 0 amide bonds. The van der Waals surface area contributed by atoms with E-state index in [0.29, 0.717) is 6.42 Å². The van der Waals surface area contributed by atoms with Crippen molar-refractivity contribution in [3.63, 3.8) is 0 Å². The normalized spacial score (nSPS) is 11.2. The molecule has 0 aliphatic rings. The fraction of sp³-hybridized carbons (Fsp3) is 0.714. The fourth-order valence-electron chi connectivity index (χ4n) is 0.524. The fourth-order valence-corrected chi connectivity index (χ4v) is 0.524. The minimum Gasteiger partial charge on any atom is -0.455 e. The van der Waals surface area contributed by atoms with Crippen LogP contribution in [-0.4, -0.2) is 17.9 Å². The molecule has 0 saturated heterocycles. The summed E-state index contributed by atoms with van der Waals surface area (Å²) in [5, 5.41) is 6.93. The summed E-state index contributed by atoms with van der Waals surface area (Å²) in [7, 11) is 0. The van der Waals surface area contributed by atoms with E-state index in [-0.39, 0.29) is 24.2 Å². The van der Waals surface area contributed by atoms with E-state index < -0.39 is 6.10 Å². The minimum absolute atomic E-state index is 0. The summed E-state index contributed by atoms with van der Waals surface area (Å²) >= 11 is 0. The first-order valence-corrected chi connectivity index (χ1v) is 3.61. The van der Waals surface area contributed by atoms with Crippen LogP contribution in [0.2, 0.25) is 0 Å². The summed E-state index contributed by atoms with van der Waals surface area (Å²) in [6, 6.07) is 0. The van der Waals surface area contributed by atoms with Crippen LogP contribution in [0.25, 0.3) is 0 Å². The van der Waals surface area contributed by atoms with Crippen LogP contribution in [0.3, 0.4) is 0 Å². The van der Waals surface area contributed by atoms with Gasteiger partial charge in [-0.3, -0.25) is 10.2 Å². The van der Waals surface area contributed by atoms with Crippen molar-refractivity contribution in [1.82, 2.24) is 0 Å². The topological polar surface area (TPSA) is 76.2 Å². The van der Waals surface area contributed by atoms with Crippen LogP contribution in [0.1, 0.15) is 26.7 Å². The van der Waals surface area contributed by atoms with Gasteiger partial charge in [-0.25, -0.2) is 0 Å². The average Bonchev–Trinajstić information content (AvgIpc) is 1.87. The number of hydrogen-bond donors (Lipinski definition) is 2. The number of carbonyl (C=O) groups is 1. The molecule has 4 nitrogen and oxygen atoms in total. The number of ether oxygens (including phenoxy) is 1. The van der Waals surface area contributed by atoms with Crippen molar-refractivity contribution >= 4 is 24.2 Å². The van der Waals surface area contributed by atoms with E-state index >= 15 is 0 Å². The number of amidine groups is 1. The first-order chi connectivity index (χ1) is 5.07. The van der Waals surface area contributed by atoms with E-state index in [1.54, 1.807) is 6.92 Å². The highest BCUT2D eigenvalue weighted by atomic mass is 35.5. The van der Waals surface area contributed by atoms with Crippen molar-refractivity contribution in [3.8, 4) is 0 Å². The Hall–Kier alpha value is -0.770. The van der Waals surface area contributed by atoms with Crippen LogP contribution in [0.5, 0.6) is 0 Å². The Morgan fingerprint density at radius 3 is 2.50 bits per heavy atom. The number of nitrogens with two attached hydrogens (primary N) is 1. The lowest BCUT2D eigenvalue weighted by atomic mass is 10.3. The minimum atomic E-state index is -0.589. The van der Waals surface area contributed by atoms with E-state index in [9.17, 15) is 4.79 Å². The molecule has 0 bridgehead atoms. The van der Waals surface area contributed by atoms with Gasteiger partial charge in [-0.1, -0.05) is 6.92 Å². The van der Waals surface area contributed by atoms with Crippen LogP contribution in [0.4, 0.5) is 0 Å². The molecule has 0 rings (SSSR count). The van der Waals surface area contributed by atoms with Gasteiger partial charge in [0.05, 0.1) is 0 Å². The van der Waals surface area contributed by atoms with Gasteiger partial charge in [0.15, 0.2) is 6.10 Å². The highest BCUT2D eigenvalue weighted by molar-refractivity contribution is 5.85. The second kappa shape index (κ2) is 6.91. The largest absolute Gasteiger partial charge is 0.455 e. The first-order valence-electron chi connectivity index (χ1n) is 3.61. The van der Waals surface area contributed by atoms with E-state index in [1.165, 1.54) is 0 Å². The highest BCUT2D eigenvalue weighted by Crippen LogP contribution is 1.96. The molecule has 0 spiro atoms. The van der Waals surface area contributed by atoms with Gasteiger partial charge in [-0.05, 0) is 13.3 Å². The van der Waals surface area contributed by atoms with E-state index in [2.05, 4.69) is 0 Å². The number of nitrogens with one attached hydrogen (secondary N) is 1. The van der Waals surface area contributed by atoms with Gasteiger partial charge in [-0.2, -0.15) is 0 Å². The highest BCUT2D eigenvalue weighted by Gasteiger charge is 2.09. The Bertz CT molecular complexity index is 161. The molecule has 1 unspecified atom stereocenters. The molecule has 12 heavy (non-hydrogen) atoms. The quantitative estimate of drug-likeness (QED) is 0.400. The van der Waals surface area contributed by atoms with Crippen LogP contribution in [0.15, 0.2) is 0 Å². The van der Waals surface area contributed by atoms with E-state index in [4.69, 9.17) is 15.9 Å². The Balaban J connectivity index is 0. The summed E-state index contributed by atoms with van der Waals surface area (Å²) in [6.45, 7) is 3.47. The van der Waals surface area contributed by atoms with Crippen molar-refractivity contribution in [2.24, 2.45) is 5.73 Å². The van der Waals surface area contributed by atoms with Gasteiger partial charge >= 0.3 is 5.97 Å². The predicted molar refractivity (Wildman–Crippen MR) is 49.6 cm³/mol. The lowest BCUT2D eigenvalue weighted by Gasteiger charge is -2.10. The molecule has 0 aromatic rings. The number of rotatable bonds is 4. The Labute approximate surface area is 78.4 Å². The summed E-state index contributed by atoms with van der Waals surface area (Å²) in [5.74, 6) is -0.412. The first kappa shape index (κ1) is 13.8.